The first-order chi connectivity index (χ1) is 24.2. The van der Waals surface area contributed by atoms with E-state index >= 15 is 0 Å². The maximum absolute atomic E-state index is 5.64. The van der Waals surface area contributed by atoms with E-state index in [0.717, 1.165) is 64.4 Å². The second kappa shape index (κ2) is 18.5. The van der Waals surface area contributed by atoms with Crippen molar-refractivity contribution in [2.24, 2.45) is 16.2 Å². The number of ether oxygens (including phenoxy) is 3. The zero-order chi connectivity index (χ0) is 35.0. The Morgan fingerprint density at radius 1 is 0.608 bits per heavy atom. The van der Waals surface area contributed by atoms with Crippen molar-refractivity contribution in [3.63, 3.8) is 0 Å². The molecule has 9 aliphatic heterocycles. The van der Waals surface area contributed by atoms with Gasteiger partial charge in [0.15, 0.2) is 11.7 Å². The lowest BCUT2D eigenvalue weighted by Crippen LogP contribution is -2.56. The molecule has 5 spiro atoms. The number of nitrogens with zero attached hydrogens (tertiary/aromatic N) is 3. The first kappa shape index (κ1) is 41.1. The number of rotatable bonds is 1. The summed E-state index contributed by atoms with van der Waals surface area (Å²) in [5.74, 6) is 0.616. The van der Waals surface area contributed by atoms with Crippen LogP contribution < -0.4 is 26.6 Å². The fourth-order valence-corrected chi connectivity index (χ4v) is 10.3. The van der Waals surface area contributed by atoms with Crippen LogP contribution in [0.4, 0.5) is 0 Å². The Kier molecular flexibility index (Phi) is 15.0. The van der Waals surface area contributed by atoms with Gasteiger partial charge >= 0.3 is 0 Å². The largest absolute Gasteiger partial charge is 0.471 e. The van der Waals surface area contributed by atoms with Gasteiger partial charge in [0.25, 0.3) is 0 Å². The highest BCUT2D eigenvalue weighted by Gasteiger charge is 2.44. The van der Waals surface area contributed by atoms with E-state index in [0.29, 0.717) is 16.2 Å². The molecule has 10 aliphatic rings. The third-order valence-corrected chi connectivity index (χ3v) is 13.3. The maximum atomic E-state index is 5.64. The Labute approximate surface area is 312 Å². The normalized spacial score (nSPS) is 32.3. The van der Waals surface area contributed by atoms with Gasteiger partial charge in [0.1, 0.15) is 5.60 Å². The number of nitrogens with one attached hydrogen (secondary N) is 5. The highest BCUT2D eigenvalue weighted by molar-refractivity contribution is 5.02. The Hall–Kier alpha value is -1.02. The van der Waals surface area contributed by atoms with E-state index in [-0.39, 0.29) is 18.8 Å². The molecule has 11 nitrogen and oxygen atoms in total. The number of hydrogen-bond donors (Lipinski definition) is 5. The van der Waals surface area contributed by atoms with E-state index in [2.05, 4.69) is 68.9 Å². The Morgan fingerprint density at radius 2 is 1.14 bits per heavy atom. The summed E-state index contributed by atoms with van der Waals surface area (Å²) >= 11 is 0. The smallest absolute Gasteiger partial charge is 0.180 e. The van der Waals surface area contributed by atoms with E-state index in [1.807, 2.05) is 0 Å². The highest BCUT2D eigenvalue weighted by atomic mass is 16.7. The van der Waals surface area contributed by atoms with Crippen molar-refractivity contribution in [1.29, 1.82) is 0 Å². The molecule has 296 valence electrons. The van der Waals surface area contributed by atoms with Crippen molar-refractivity contribution < 1.29 is 14.2 Å². The van der Waals surface area contributed by atoms with Crippen LogP contribution in [0.3, 0.4) is 0 Å². The van der Waals surface area contributed by atoms with E-state index in [4.69, 9.17) is 14.2 Å². The summed E-state index contributed by atoms with van der Waals surface area (Å²) in [4.78, 5) is 7.37. The lowest BCUT2D eigenvalue weighted by Gasteiger charge is -2.47. The summed E-state index contributed by atoms with van der Waals surface area (Å²) in [6, 6.07) is 0. The molecular weight excluding hydrogens is 640 g/mol. The molecule has 0 aromatic carbocycles. The summed E-state index contributed by atoms with van der Waals surface area (Å²) in [6.07, 6.45) is 14.0. The zero-order valence-electron chi connectivity index (χ0n) is 32.3. The van der Waals surface area contributed by atoms with Crippen LogP contribution in [0, 0.1) is 16.2 Å². The molecule has 0 bridgehead atoms. The molecule has 0 aromatic rings. The van der Waals surface area contributed by atoms with Gasteiger partial charge in [-0.25, -0.2) is 0 Å². The first-order valence-electron chi connectivity index (χ1n) is 20.5. The maximum Gasteiger partial charge on any atom is 0.180 e. The predicted octanol–water partition coefficient (Wildman–Crippen LogP) is 3.04. The third-order valence-electron chi connectivity index (χ3n) is 13.3. The van der Waals surface area contributed by atoms with Gasteiger partial charge in [-0.05, 0) is 110 Å². The molecule has 1 saturated carbocycles. The lowest BCUT2D eigenvalue weighted by atomic mass is 9.79. The van der Waals surface area contributed by atoms with Crippen molar-refractivity contribution in [2.45, 2.75) is 96.4 Å². The molecule has 1 aliphatic carbocycles. The number of piperidine rings is 1. The summed E-state index contributed by atoms with van der Waals surface area (Å²) < 4.78 is 16.8. The SMILES string of the molecule is C.C1CCC2(CC1)OCCO2.C=C1NCC2(CCNCC2)O1.CCN1CC2(CCNC2)C1.CN1CC2(CCNC2)C1.CN1CCC2(CCNC2)C1. The summed E-state index contributed by atoms with van der Waals surface area (Å²) in [5.41, 5.74) is 2.15. The molecule has 51 heavy (non-hydrogen) atoms. The molecular formula is C40H78N8O3. The zero-order valence-corrected chi connectivity index (χ0v) is 32.3. The monoisotopic (exact) mass is 719 g/mol. The van der Waals surface area contributed by atoms with Crippen molar-refractivity contribution in [2.75, 3.05) is 132 Å². The minimum atomic E-state index is -0.127. The predicted molar refractivity (Wildman–Crippen MR) is 209 cm³/mol. The topological polar surface area (TPSA) is 97.6 Å². The van der Waals surface area contributed by atoms with Crippen molar-refractivity contribution in [3.8, 4) is 0 Å². The Bertz CT molecular complexity index is 1010. The van der Waals surface area contributed by atoms with E-state index < -0.39 is 0 Å². The quantitative estimate of drug-likeness (QED) is 0.277. The molecule has 0 aromatic heterocycles. The van der Waals surface area contributed by atoms with Crippen LogP contribution in [0.5, 0.6) is 0 Å². The molecule has 10 fully saturated rings. The van der Waals surface area contributed by atoms with Gasteiger partial charge in [-0.2, -0.15) is 0 Å². The summed E-state index contributed by atoms with van der Waals surface area (Å²) in [5, 5.41) is 16.7. The van der Waals surface area contributed by atoms with Gasteiger partial charge in [-0.15, -0.1) is 0 Å². The minimum Gasteiger partial charge on any atom is -0.471 e. The van der Waals surface area contributed by atoms with Crippen LogP contribution in [0.25, 0.3) is 0 Å². The van der Waals surface area contributed by atoms with Gasteiger partial charge in [-0.1, -0.05) is 20.8 Å². The molecule has 10 rings (SSSR count). The van der Waals surface area contributed by atoms with Crippen LogP contribution in [-0.4, -0.2) is 158 Å². The minimum absolute atomic E-state index is 0. The van der Waals surface area contributed by atoms with Gasteiger partial charge in [0.05, 0.1) is 19.8 Å². The van der Waals surface area contributed by atoms with Crippen LogP contribution in [0.15, 0.2) is 12.5 Å². The second-order valence-corrected chi connectivity index (χ2v) is 17.7. The fraction of sp³-hybridized carbons (Fsp3) is 0.950. The standard InChI is InChI=1S/C8H14N2O.2C8H16N2.C8H14O2.C7H14N2.CH4/c1-7-10-6-8(11-7)2-4-9-5-3-8;1-10-5-3-8(7-10)2-4-9-6-8;1-2-10-6-8(7-10)3-4-9-5-8;1-2-4-8(5-3-1)9-6-7-10-8;1-9-5-7(6-9)2-3-8-4-7;/h9-10H,1-6H2;2*9H,2-7H2,1H3;1-7H2;8H,2-6H2,1H3;1H4. The van der Waals surface area contributed by atoms with Crippen molar-refractivity contribution in [1.82, 2.24) is 41.3 Å². The van der Waals surface area contributed by atoms with Crippen LogP contribution in [0.2, 0.25) is 0 Å². The molecule has 0 radical (unpaired) electrons. The van der Waals surface area contributed by atoms with Crippen molar-refractivity contribution >= 4 is 0 Å². The Balaban J connectivity index is 0.000000123. The molecule has 5 N–H and O–H groups in total. The lowest BCUT2D eigenvalue weighted by molar-refractivity contribution is -0.176. The average molecular weight is 719 g/mol. The molecule has 9 saturated heterocycles. The molecule has 9 heterocycles. The van der Waals surface area contributed by atoms with Crippen LogP contribution in [-0.2, 0) is 14.2 Å². The number of hydrogen-bond acceptors (Lipinski definition) is 11. The molecule has 1 unspecified atom stereocenters. The van der Waals surface area contributed by atoms with Gasteiger partial charge in [-0.3, -0.25) is 0 Å². The average Bonchev–Trinajstić information content (AvgIpc) is 3.95. The van der Waals surface area contributed by atoms with E-state index in [1.54, 1.807) is 0 Å². The molecule has 1 atom stereocenters. The van der Waals surface area contributed by atoms with Gasteiger partial charge < -0.3 is 55.5 Å². The molecule has 11 heteroatoms. The van der Waals surface area contributed by atoms with Crippen molar-refractivity contribution in [3.05, 3.63) is 12.5 Å². The summed E-state index contributed by atoms with van der Waals surface area (Å²) in [6.45, 7) is 27.4. The Morgan fingerprint density at radius 3 is 1.59 bits per heavy atom. The first-order valence-corrected chi connectivity index (χ1v) is 20.5. The van der Waals surface area contributed by atoms with Gasteiger partial charge in [0, 0.05) is 88.9 Å². The second-order valence-electron chi connectivity index (χ2n) is 17.7. The van der Waals surface area contributed by atoms with Gasteiger partial charge in [0.2, 0.25) is 0 Å². The third kappa shape index (κ3) is 11.0. The van der Waals surface area contributed by atoms with E-state index in [1.165, 1.54) is 130 Å². The van der Waals surface area contributed by atoms with Crippen LogP contribution >= 0.6 is 0 Å². The van der Waals surface area contributed by atoms with Crippen LogP contribution in [0.1, 0.15) is 85.0 Å². The number of likely N-dealkylation sites (tertiary alicyclic amines) is 3. The summed E-state index contributed by atoms with van der Waals surface area (Å²) in [7, 11) is 4.43. The molecule has 0 amide bonds. The highest BCUT2D eigenvalue weighted by Crippen LogP contribution is 2.37. The van der Waals surface area contributed by atoms with E-state index in [9.17, 15) is 0 Å². The fourth-order valence-electron chi connectivity index (χ4n) is 10.3.